The van der Waals surface area contributed by atoms with E-state index in [1.165, 1.54) is 23.3 Å². The summed E-state index contributed by atoms with van der Waals surface area (Å²) in [6.45, 7) is 8.24. The highest BCUT2D eigenvalue weighted by molar-refractivity contribution is 7.15. The number of carbonyl (C=O) groups excluding carboxylic acids is 2. The Kier molecular flexibility index (Phi) is 6.27. The highest BCUT2D eigenvalue weighted by atomic mass is 32.1. The van der Waals surface area contributed by atoms with Crippen LogP contribution in [-0.2, 0) is 14.9 Å². The number of methoxy groups -OCH3 is 2. The summed E-state index contributed by atoms with van der Waals surface area (Å²) in [5.41, 5.74) is 2.62. The minimum Gasteiger partial charge on any atom is -0.497 e. The van der Waals surface area contributed by atoms with E-state index >= 15 is 0 Å². The lowest BCUT2D eigenvalue weighted by molar-refractivity contribution is -0.117. The van der Waals surface area contributed by atoms with Gasteiger partial charge in [0.25, 0.3) is 5.91 Å². The van der Waals surface area contributed by atoms with Crippen molar-refractivity contribution in [3.63, 3.8) is 0 Å². The molecule has 1 aliphatic rings. The number of benzene rings is 2. The lowest BCUT2D eigenvalue weighted by Crippen LogP contribution is -2.31. The van der Waals surface area contributed by atoms with Crippen LogP contribution in [0.25, 0.3) is 0 Å². The number of anilines is 1. The van der Waals surface area contributed by atoms with Gasteiger partial charge in [-0.05, 0) is 47.7 Å². The van der Waals surface area contributed by atoms with Gasteiger partial charge < -0.3 is 9.47 Å². The number of Topliss-reactive ketones (excluding diaryl/α,β-unsaturated/α-hetero) is 1. The first-order valence-corrected chi connectivity index (χ1v) is 11.7. The van der Waals surface area contributed by atoms with Crippen molar-refractivity contribution in [1.82, 2.24) is 10.2 Å². The summed E-state index contributed by atoms with van der Waals surface area (Å²) >= 11 is 1.29. The molecule has 0 fully saturated rings. The van der Waals surface area contributed by atoms with Gasteiger partial charge in [-0.2, -0.15) is 0 Å². The molecule has 34 heavy (non-hydrogen) atoms. The van der Waals surface area contributed by atoms with Gasteiger partial charge in [-0.1, -0.05) is 56.4 Å². The molecule has 0 N–H and O–H groups in total. The van der Waals surface area contributed by atoms with Crippen molar-refractivity contribution < 1.29 is 19.1 Å². The van der Waals surface area contributed by atoms with Crippen LogP contribution in [-0.4, -0.2) is 36.1 Å². The summed E-state index contributed by atoms with van der Waals surface area (Å²) in [7, 11) is 2.97. The third-order valence-corrected chi connectivity index (χ3v) is 6.64. The lowest BCUT2D eigenvalue weighted by Gasteiger charge is -2.25. The molecule has 1 atom stereocenters. The number of aryl methyl sites for hydroxylation is 1. The molecule has 1 aliphatic heterocycles. The van der Waals surface area contributed by atoms with Crippen LogP contribution >= 0.6 is 11.3 Å². The first-order valence-electron chi connectivity index (χ1n) is 10.9. The number of hydrogen-bond acceptors (Lipinski definition) is 7. The Balaban J connectivity index is 1.87. The van der Waals surface area contributed by atoms with E-state index in [2.05, 4.69) is 31.0 Å². The fourth-order valence-electron chi connectivity index (χ4n) is 3.98. The number of ether oxygens (including phenoxy) is 2. The Labute approximate surface area is 203 Å². The van der Waals surface area contributed by atoms with Crippen LogP contribution < -0.4 is 9.64 Å². The summed E-state index contributed by atoms with van der Waals surface area (Å²) in [4.78, 5) is 28.8. The zero-order chi connectivity index (χ0) is 24.6. The number of hydrogen-bond donors (Lipinski definition) is 0. The molecule has 0 bridgehead atoms. The Morgan fingerprint density at radius 2 is 1.62 bits per heavy atom. The number of nitrogens with zero attached hydrogens (tertiary/aromatic N) is 3. The van der Waals surface area contributed by atoms with Gasteiger partial charge in [-0.25, -0.2) is 0 Å². The second-order valence-electron chi connectivity index (χ2n) is 9.06. The molecule has 8 heteroatoms. The van der Waals surface area contributed by atoms with Gasteiger partial charge in [-0.15, -0.1) is 10.2 Å². The third-order valence-electron chi connectivity index (χ3n) is 5.80. The van der Waals surface area contributed by atoms with Gasteiger partial charge in [0, 0.05) is 5.56 Å². The standard InChI is InChI=1S/C26H27N3O4S/c1-15-27-28-25(34-15)29-21(16-7-11-18(12-8-16)26(2,3)4)20(23(33-6)24(29)31)22(30)17-9-13-19(32-5)14-10-17/h7-14,21H,1-6H3. The average molecular weight is 478 g/mol. The highest BCUT2D eigenvalue weighted by Gasteiger charge is 2.46. The van der Waals surface area contributed by atoms with E-state index in [0.29, 0.717) is 16.4 Å². The monoisotopic (exact) mass is 477 g/mol. The van der Waals surface area contributed by atoms with Crippen molar-refractivity contribution >= 4 is 28.2 Å². The minimum absolute atomic E-state index is 0.0126. The van der Waals surface area contributed by atoms with Gasteiger partial charge in [-0.3, -0.25) is 14.5 Å². The Hall–Kier alpha value is -3.52. The van der Waals surface area contributed by atoms with Crippen molar-refractivity contribution in [2.45, 2.75) is 39.2 Å². The average Bonchev–Trinajstić information content (AvgIpc) is 3.38. The van der Waals surface area contributed by atoms with Crippen LogP contribution in [0.4, 0.5) is 5.13 Å². The molecule has 176 valence electrons. The molecule has 2 aromatic carbocycles. The summed E-state index contributed by atoms with van der Waals surface area (Å²) in [6, 6.07) is 14.1. The van der Waals surface area contributed by atoms with E-state index in [9.17, 15) is 9.59 Å². The predicted molar refractivity (Wildman–Crippen MR) is 131 cm³/mol. The van der Waals surface area contributed by atoms with Crippen LogP contribution in [0.15, 0.2) is 59.9 Å². The van der Waals surface area contributed by atoms with Gasteiger partial charge >= 0.3 is 0 Å². The van der Waals surface area contributed by atoms with Crippen LogP contribution in [0.5, 0.6) is 5.75 Å². The van der Waals surface area contributed by atoms with E-state index in [4.69, 9.17) is 9.47 Å². The lowest BCUT2D eigenvalue weighted by atomic mass is 9.85. The van der Waals surface area contributed by atoms with Crippen molar-refractivity contribution in [2.75, 3.05) is 19.1 Å². The molecule has 1 aromatic heterocycles. The fraction of sp³-hybridized carbons (Fsp3) is 0.308. The molecule has 0 spiro atoms. The Morgan fingerprint density at radius 3 is 2.12 bits per heavy atom. The van der Waals surface area contributed by atoms with Crippen LogP contribution in [0.3, 0.4) is 0 Å². The largest absolute Gasteiger partial charge is 0.497 e. The molecule has 2 heterocycles. The van der Waals surface area contributed by atoms with E-state index in [0.717, 1.165) is 16.1 Å². The predicted octanol–water partition coefficient (Wildman–Crippen LogP) is 5.02. The van der Waals surface area contributed by atoms with E-state index in [1.54, 1.807) is 31.4 Å². The summed E-state index contributed by atoms with van der Waals surface area (Å²) < 4.78 is 10.7. The Bertz CT molecular complexity index is 1250. The number of ketones is 1. The molecule has 1 unspecified atom stereocenters. The quantitative estimate of drug-likeness (QED) is 0.464. The zero-order valence-corrected chi connectivity index (χ0v) is 20.9. The van der Waals surface area contributed by atoms with Crippen LogP contribution in [0.1, 0.15) is 53.3 Å². The minimum atomic E-state index is -0.696. The fourth-order valence-corrected chi connectivity index (χ4v) is 4.69. The number of amides is 1. The SMILES string of the molecule is COC1=C(C(=O)c2ccc(OC)cc2)C(c2ccc(C(C)(C)C)cc2)N(c2nnc(C)s2)C1=O. The molecule has 4 rings (SSSR count). The summed E-state index contributed by atoms with van der Waals surface area (Å²) in [5, 5.41) is 9.42. The third kappa shape index (κ3) is 4.21. The maximum atomic E-state index is 13.8. The first kappa shape index (κ1) is 23.6. The van der Waals surface area contributed by atoms with E-state index in [1.807, 2.05) is 31.2 Å². The maximum Gasteiger partial charge on any atom is 0.296 e. The summed E-state index contributed by atoms with van der Waals surface area (Å²) in [6.07, 6.45) is 0. The molecule has 0 radical (unpaired) electrons. The molecular formula is C26H27N3O4S. The normalized spacial score (nSPS) is 16.2. The molecular weight excluding hydrogens is 450 g/mol. The van der Waals surface area contributed by atoms with Gasteiger partial charge in [0.1, 0.15) is 10.8 Å². The topological polar surface area (TPSA) is 81.6 Å². The second kappa shape index (κ2) is 9.02. The zero-order valence-electron chi connectivity index (χ0n) is 20.1. The Morgan fingerprint density at radius 1 is 0.971 bits per heavy atom. The molecule has 0 saturated heterocycles. The van der Waals surface area contributed by atoms with Gasteiger partial charge in [0.2, 0.25) is 5.13 Å². The molecule has 1 amide bonds. The number of rotatable bonds is 6. The summed E-state index contributed by atoms with van der Waals surface area (Å²) in [5.74, 6) is -0.0549. The number of carbonyl (C=O) groups is 2. The molecule has 0 saturated carbocycles. The molecule has 7 nitrogen and oxygen atoms in total. The first-order chi connectivity index (χ1) is 16.2. The molecule has 3 aromatic rings. The van der Waals surface area contributed by atoms with Crippen molar-refractivity contribution in [2.24, 2.45) is 0 Å². The molecule has 0 aliphatic carbocycles. The second-order valence-corrected chi connectivity index (χ2v) is 10.2. The van der Waals surface area contributed by atoms with Gasteiger partial charge in [0.05, 0.1) is 25.8 Å². The van der Waals surface area contributed by atoms with Gasteiger partial charge in [0.15, 0.2) is 11.5 Å². The number of aromatic nitrogens is 2. The van der Waals surface area contributed by atoms with Crippen LogP contribution in [0.2, 0.25) is 0 Å². The van der Waals surface area contributed by atoms with Crippen molar-refractivity contribution in [1.29, 1.82) is 0 Å². The van der Waals surface area contributed by atoms with Crippen molar-refractivity contribution in [3.05, 3.63) is 81.6 Å². The maximum absolute atomic E-state index is 13.8. The van der Waals surface area contributed by atoms with E-state index < -0.39 is 11.9 Å². The van der Waals surface area contributed by atoms with E-state index in [-0.39, 0.29) is 22.5 Å². The van der Waals surface area contributed by atoms with Crippen molar-refractivity contribution in [3.8, 4) is 5.75 Å². The van der Waals surface area contributed by atoms with Crippen LogP contribution in [0, 0.1) is 6.92 Å². The smallest absolute Gasteiger partial charge is 0.296 e. The highest BCUT2D eigenvalue weighted by Crippen LogP contribution is 2.44.